The van der Waals surface area contributed by atoms with Crippen molar-refractivity contribution in [3.8, 4) is 0 Å². The maximum absolute atomic E-state index is 10.9. The molecule has 16 heavy (non-hydrogen) atoms. The van der Waals surface area contributed by atoms with Gasteiger partial charge in [-0.15, -0.1) is 0 Å². The molecular formula is C9H15ClN4OS. The highest BCUT2D eigenvalue weighted by Crippen LogP contribution is 2.13. The molecule has 0 aliphatic carbocycles. The Balaban J connectivity index is 2.55. The van der Waals surface area contributed by atoms with Crippen LogP contribution in [-0.2, 0) is 10.8 Å². The minimum atomic E-state index is -0.776. The van der Waals surface area contributed by atoms with Crippen LogP contribution >= 0.6 is 11.6 Å². The average molecular weight is 263 g/mol. The first-order chi connectivity index (χ1) is 7.47. The van der Waals surface area contributed by atoms with Crippen LogP contribution in [0.25, 0.3) is 0 Å². The second-order valence-corrected chi connectivity index (χ2v) is 5.49. The van der Waals surface area contributed by atoms with Gasteiger partial charge < -0.3 is 11.1 Å². The molecule has 2 atom stereocenters. The number of nitrogens with two attached hydrogens (primary N) is 1. The van der Waals surface area contributed by atoms with Crippen molar-refractivity contribution in [1.29, 1.82) is 0 Å². The van der Waals surface area contributed by atoms with Crippen molar-refractivity contribution in [3.63, 3.8) is 0 Å². The highest BCUT2D eigenvalue weighted by Gasteiger charge is 2.06. The first kappa shape index (κ1) is 13.2. The summed E-state index contributed by atoms with van der Waals surface area (Å²) in [6, 6.07) is 1.77. The zero-order valence-electron chi connectivity index (χ0n) is 9.24. The van der Waals surface area contributed by atoms with Gasteiger partial charge in [0.2, 0.25) is 5.95 Å². The Morgan fingerprint density at radius 1 is 1.62 bits per heavy atom. The molecule has 0 bridgehead atoms. The van der Waals surface area contributed by atoms with Crippen molar-refractivity contribution in [2.75, 3.05) is 23.1 Å². The molecule has 2 unspecified atom stereocenters. The molecular weight excluding hydrogens is 248 g/mol. The van der Waals surface area contributed by atoms with Gasteiger partial charge in [0.1, 0.15) is 11.0 Å². The van der Waals surface area contributed by atoms with Crippen LogP contribution in [0.2, 0.25) is 5.15 Å². The quantitative estimate of drug-likeness (QED) is 0.782. The number of nitrogen functional groups attached to an aromatic ring is 1. The molecule has 0 radical (unpaired) electrons. The third kappa shape index (κ3) is 4.76. The minimum Gasteiger partial charge on any atom is -0.368 e. The number of nitrogens with one attached hydrogen (secondary N) is 1. The lowest BCUT2D eigenvalue weighted by atomic mass is 10.2. The minimum absolute atomic E-state index is 0.140. The topological polar surface area (TPSA) is 80.9 Å². The standard InChI is InChI=1S/C9H15ClN4OS/c1-6(3-4-16(2)15)12-8-5-7(10)13-9(11)14-8/h5-6H,3-4H2,1-2H3,(H3,11,12,13,14). The zero-order chi connectivity index (χ0) is 12.1. The first-order valence-electron chi connectivity index (χ1n) is 4.84. The van der Waals surface area contributed by atoms with E-state index in [2.05, 4.69) is 15.3 Å². The third-order valence-corrected chi connectivity index (χ3v) is 2.95. The highest BCUT2D eigenvalue weighted by molar-refractivity contribution is 7.84. The number of aromatic nitrogens is 2. The average Bonchev–Trinajstić information content (AvgIpc) is 2.12. The van der Waals surface area contributed by atoms with Crippen LogP contribution in [0.5, 0.6) is 0 Å². The molecule has 0 aliphatic heterocycles. The van der Waals surface area contributed by atoms with Gasteiger partial charge in [-0.1, -0.05) is 11.6 Å². The predicted molar refractivity (Wildman–Crippen MR) is 68.1 cm³/mol. The van der Waals surface area contributed by atoms with Gasteiger partial charge in [-0.2, -0.15) is 4.98 Å². The summed E-state index contributed by atoms with van der Waals surface area (Å²) in [5.74, 6) is 1.38. The summed E-state index contributed by atoms with van der Waals surface area (Å²) < 4.78 is 10.9. The molecule has 0 saturated heterocycles. The Bertz CT molecular complexity index is 368. The van der Waals surface area contributed by atoms with Gasteiger partial charge in [0.15, 0.2) is 0 Å². The second-order valence-electron chi connectivity index (χ2n) is 3.55. The molecule has 0 saturated carbocycles. The molecule has 0 fully saturated rings. The Morgan fingerprint density at radius 3 is 2.88 bits per heavy atom. The van der Waals surface area contributed by atoms with Crippen molar-refractivity contribution < 1.29 is 4.21 Å². The summed E-state index contributed by atoms with van der Waals surface area (Å²) in [4.78, 5) is 7.76. The van der Waals surface area contributed by atoms with E-state index in [1.165, 1.54) is 0 Å². The number of hydrogen-bond donors (Lipinski definition) is 2. The van der Waals surface area contributed by atoms with E-state index in [0.29, 0.717) is 16.7 Å². The van der Waals surface area contributed by atoms with Crippen LogP contribution < -0.4 is 11.1 Å². The molecule has 90 valence electrons. The van der Waals surface area contributed by atoms with Crippen LogP contribution in [0.3, 0.4) is 0 Å². The molecule has 0 aliphatic rings. The Kier molecular flexibility index (Phi) is 4.95. The summed E-state index contributed by atoms with van der Waals surface area (Å²) in [5, 5.41) is 3.44. The van der Waals surface area contributed by atoms with Gasteiger partial charge in [-0.25, -0.2) is 4.98 Å². The first-order valence-corrected chi connectivity index (χ1v) is 6.94. The van der Waals surface area contributed by atoms with Crippen LogP contribution in [-0.4, -0.2) is 32.2 Å². The molecule has 1 aromatic heterocycles. The molecule has 5 nitrogen and oxygen atoms in total. The summed E-state index contributed by atoms with van der Waals surface area (Å²) in [7, 11) is -0.776. The van der Waals surface area contributed by atoms with Crippen LogP contribution in [0.1, 0.15) is 13.3 Å². The van der Waals surface area contributed by atoms with E-state index in [4.69, 9.17) is 17.3 Å². The van der Waals surface area contributed by atoms with Crippen molar-refractivity contribution in [2.24, 2.45) is 0 Å². The maximum Gasteiger partial charge on any atom is 0.223 e. The van der Waals surface area contributed by atoms with Crippen molar-refractivity contribution in [3.05, 3.63) is 11.2 Å². The van der Waals surface area contributed by atoms with Crippen LogP contribution in [0.4, 0.5) is 11.8 Å². The summed E-state index contributed by atoms with van der Waals surface area (Å²) in [6.45, 7) is 1.99. The normalized spacial score (nSPS) is 14.4. The largest absolute Gasteiger partial charge is 0.368 e. The molecule has 7 heteroatoms. The number of rotatable bonds is 5. The van der Waals surface area contributed by atoms with Gasteiger partial charge in [0.05, 0.1) is 0 Å². The van der Waals surface area contributed by atoms with Crippen molar-refractivity contribution in [1.82, 2.24) is 9.97 Å². The van der Waals surface area contributed by atoms with E-state index in [1.54, 1.807) is 12.3 Å². The van der Waals surface area contributed by atoms with Gasteiger partial charge in [0.25, 0.3) is 0 Å². The van der Waals surface area contributed by atoms with E-state index in [9.17, 15) is 4.21 Å². The summed E-state index contributed by atoms with van der Waals surface area (Å²) >= 11 is 5.74. The molecule has 1 rings (SSSR count). The lowest BCUT2D eigenvalue weighted by Gasteiger charge is -2.13. The number of nitrogens with zero attached hydrogens (tertiary/aromatic N) is 2. The number of hydrogen-bond acceptors (Lipinski definition) is 5. The number of halogens is 1. The van der Waals surface area contributed by atoms with Gasteiger partial charge in [-0.3, -0.25) is 4.21 Å². The van der Waals surface area contributed by atoms with E-state index in [0.717, 1.165) is 6.42 Å². The SMILES string of the molecule is CC(CCS(C)=O)Nc1cc(Cl)nc(N)n1. The van der Waals surface area contributed by atoms with Crippen LogP contribution in [0.15, 0.2) is 6.07 Å². The fourth-order valence-electron chi connectivity index (χ4n) is 1.18. The Labute approximate surface area is 102 Å². The maximum atomic E-state index is 10.9. The molecule has 0 amide bonds. The Hall–Kier alpha value is -0.880. The Morgan fingerprint density at radius 2 is 2.31 bits per heavy atom. The lowest BCUT2D eigenvalue weighted by Crippen LogP contribution is -2.19. The summed E-state index contributed by atoms with van der Waals surface area (Å²) in [6.07, 6.45) is 2.48. The van der Waals surface area contributed by atoms with E-state index in [-0.39, 0.29) is 12.0 Å². The zero-order valence-corrected chi connectivity index (χ0v) is 10.8. The fraction of sp³-hybridized carbons (Fsp3) is 0.556. The van der Waals surface area contributed by atoms with Crippen molar-refractivity contribution in [2.45, 2.75) is 19.4 Å². The summed E-state index contributed by atoms with van der Waals surface area (Å²) in [5.41, 5.74) is 5.46. The van der Waals surface area contributed by atoms with Gasteiger partial charge in [-0.05, 0) is 13.3 Å². The molecule has 1 aromatic rings. The molecule has 0 aromatic carbocycles. The van der Waals surface area contributed by atoms with E-state index >= 15 is 0 Å². The molecule has 3 N–H and O–H groups in total. The monoisotopic (exact) mass is 262 g/mol. The smallest absolute Gasteiger partial charge is 0.223 e. The third-order valence-electron chi connectivity index (χ3n) is 1.94. The molecule has 1 heterocycles. The number of anilines is 2. The second kappa shape index (κ2) is 6.00. The van der Waals surface area contributed by atoms with Crippen LogP contribution in [0, 0.1) is 0 Å². The van der Waals surface area contributed by atoms with Gasteiger partial charge in [0, 0.05) is 34.9 Å². The highest BCUT2D eigenvalue weighted by atomic mass is 35.5. The van der Waals surface area contributed by atoms with Crippen molar-refractivity contribution >= 4 is 34.2 Å². The van der Waals surface area contributed by atoms with E-state index in [1.807, 2.05) is 6.92 Å². The lowest BCUT2D eigenvalue weighted by molar-refractivity contribution is 0.678. The fourth-order valence-corrected chi connectivity index (χ4v) is 2.05. The van der Waals surface area contributed by atoms with E-state index < -0.39 is 10.8 Å². The predicted octanol–water partition coefficient (Wildman–Crippen LogP) is 1.28. The van der Waals surface area contributed by atoms with Gasteiger partial charge >= 0.3 is 0 Å². The molecule has 0 spiro atoms.